The normalized spacial score (nSPS) is 11.9. The van der Waals surface area contributed by atoms with Crippen LogP contribution >= 0.6 is 0 Å². The quantitative estimate of drug-likeness (QED) is 0.780. The van der Waals surface area contributed by atoms with Crippen LogP contribution in [-0.2, 0) is 0 Å². The molecule has 0 aliphatic rings. The molecule has 2 heterocycles. The van der Waals surface area contributed by atoms with Crippen molar-refractivity contribution in [3.63, 3.8) is 0 Å². The van der Waals surface area contributed by atoms with E-state index in [9.17, 15) is 4.79 Å². The number of carbonyl (C=O) groups excluding carboxylic acids is 1. The maximum absolute atomic E-state index is 12.8. The first kappa shape index (κ1) is 15.9. The summed E-state index contributed by atoms with van der Waals surface area (Å²) in [5, 5.41) is 6.87. The lowest BCUT2D eigenvalue weighted by Crippen LogP contribution is -2.31. The Kier molecular flexibility index (Phi) is 4.70. The van der Waals surface area contributed by atoms with Gasteiger partial charge in [-0.1, -0.05) is 25.1 Å². The lowest BCUT2D eigenvalue weighted by Gasteiger charge is -2.27. The van der Waals surface area contributed by atoms with Gasteiger partial charge in [0.2, 0.25) is 0 Å². The molecular formula is C19H20N4O. The van der Waals surface area contributed by atoms with E-state index in [0.29, 0.717) is 5.56 Å². The van der Waals surface area contributed by atoms with Crippen LogP contribution in [0.4, 0.5) is 0 Å². The summed E-state index contributed by atoms with van der Waals surface area (Å²) in [7, 11) is 1.83. The molecule has 3 rings (SSSR count). The number of benzene rings is 1. The topological polar surface area (TPSA) is 61.9 Å². The summed E-state index contributed by atoms with van der Waals surface area (Å²) in [6.07, 6.45) is 4.28. The third kappa shape index (κ3) is 3.20. The van der Waals surface area contributed by atoms with Crippen LogP contribution in [0.15, 0.2) is 60.9 Å². The smallest absolute Gasteiger partial charge is 0.254 e. The van der Waals surface area contributed by atoms with Gasteiger partial charge in [0.15, 0.2) is 0 Å². The highest BCUT2D eigenvalue weighted by molar-refractivity contribution is 5.94. The predicted octanol–water partition coefficient (Wildman–Crippen LogP) is 3.70. The zero-order valence-electron chi connectivity index (χ0n) is 13.8. The summed E-state index contributed by atoms with van der Waals surface area (Å²) in [5.74, 6) is -0.0105. The van der Waals surface area contributed by atoms with E-state index in [4.69, 9.17) is 0 Å². The third-order valence-corrected chi connectivity index (χ3v) is 4.15. The molecule has 0 spiro atoms. The van der Waals surface area contributed by atoms with E-state index < -0.39 is 0 Å². The van der Waals surface area contributed by atoms with E-state index in [2.05, 4.69) is 22.1 Å². The Bertz CT molecular complexity index is 782. The molecule has 0 saturated carbocycles. The van der Waals surface area contributed by atoms with Gasteiger partial charge in [0.05, 0.1) is 17.4 Å². The van der Waals surface area contributed by atoms with E-state index in [1.54, 1.807) is 17.3 Å². The number of carbonyl (C=O) groups is 1. The van der Waals surface area contributed by atoms with Gasteiger partial charge in [-0.05, 0) is 42.3 Å². The van der Waals surface area contributed by atoms with Crippen LogP contribution in [0.25, 0.3) is 11.3 Å². The summed E-state index contributed by atoms with van der Waals surface area (Å²) < 4.78 is 0. The van der Waals surface area contributed by atoms with E-state index >= 15 is 0 Å². The Labute approximate surface area is 141 Å². The monoisotopic (exact) mass is 320 g/mol. The van der Waals surface area contributed by atoms with Gasteiger partial charge in [-0.2, -0.15) is 5.10 Å². The molecule has 0 aliphatic carbocycles. The lowest BCUT2D eigenvalue weighted by atomic mass is 10.1. The highest BCUT2D eigenvalue weighted by Crippen LogP contribution is 2.23. The number of aromatic nitrogens is 3. The Hall–Kier alpha value is -2.95. The van der Waals surface area contributed by atoms with Crippen LogP contribution in [0, 0.1) is 0 Å². The van der Waals surface area contributed by atoms with Crippen molar-refractivity contribution in [2.24, 2.45) is 0 Å². The maximum Gasteiger partial charge on any atom is 0.254 e. The molecule has 2 aromatic heterocycles. The molecule has 0 saturated heterocycles. The van der Waals surface area contributed by atoms with Crippen molar-refractivity contribution in [3.05, 3.63) is 72.2 Å². The maximum atomic E-state index is 12.8. The number of pyridine rings is 1. The SMILES string of the molecule is CC[C@H](c1ccccn1)N(C)C(=O)c1ccc(-c2ccn[nH]2)cc1. The molecular weight excluding hydrogens is 300 g/mol. The molecule has 122 valence electrons. The van der Waals surface area contributed by atoms with Gasteiger partial charge >= 0.3 is 0 Å². The highest BCUT2D eigenvalue weighted by Gasteiger charge is 2.22. The molecule has 0 radical (unpaired) electrons. The number of H-pyrrole nitrogens is 1. The summed E-state index contributed by atoms with van der Waals surface area (Å²) in [4.78, 5) is 18.9. The molecule has 5 nitrogen and oxygen atoms in total. The van der Waals surface area contributed by atoms with Gasteiger partial charge in [-0.15, -0.1) is 0 Å². The fourth-order valence-corrected chi connectivity index (χ4v) is 2.81. The number of hydrogen-bond donors (Lipinski definition) is 1. The minimum absolute atomic E-state index is 0.0105. The number of amides is 1. The Morgan fingerprint density at radius 2 is 1.92 bits per heavy atom. The fraction of sp³-hybridized carbons (Fsp3) is 0.211. The molecule has 0 fully saturated rings. The van der Waals surface area contributed by atoms with Crippen LogP contribution in [0.5, 0.6) is 0 Å². The molecule has 5 heteroatoms. The van der Waals surface area contributed by atoms with Crippen molar-refractivity contribution < 1.29 is 4.79 Å². The summed E-state index contributed by atoms with van der Waals surface area (Å²) in [5.41, 5.74) is 3.51. The van der Waals surface area contributed by atoms with Gasteiger partial charge < -0.3 is 4.90 Å². The highest BCUT2D eigenvalue weighted by atomic mass is 16.2. The summed E-state index contributed by atoms with van der Waals surface area (Å²) >= 11 is 0. The molecule has 0 unspecified atom stereocenters. The van der Waals surface area contributed by atoms with Crippen molar-refractivity contribution in [1.29, 1.82) is 0 Å². The minimum atomic E-state index is -0.0361. The van der Waals surface area contributed by atoms with E-state index in [1.807, 2.05) is 55.6 Å². The zero-order chi connectivity index (χ0) is 16.9. The number of nitrogens with zero attached hydrogens (tertiary/aromatic N) is 3. The van der Waals surface area contributed by atoms with Crippen molar-refractivity contribution in [2.45, 2.75) is 19.4 Å². The van der Waals surface area contributed by atoms with Crippen LogP contribution in [0.1, 0.15) is 35.4 Å². The number of nitrogens with one attached hydrogen (secondary N) is 1. The van der Waals surface area contributed by atoms with E-state index in [-0.39, 0.29) is 11.9 Å². The second-order valence-corrected chi connectivity index (χ2v) is 5.64. The van der Waals surface area contributed by atoms with Crippen LogP contribution in [0.3, 0.4) is 0 Å². The third-order valence-electron chi connectivity index (χ3n) is 4.15. The largest absolute Gasteiger partial charge is 0.333 e. The first-order chi connectivity index (χ1) is 11.7. The van der Waals surface area contributed by atoms with Crippen LogP contribution < -0.4 is 0 Å². The van der Waals surface area contributed by atoms with Crippen molar-refractivity contribution in [1.82, 2.24) is 20.1 Å². The average molecular weight is 320 g/mol. The number of hydrogen-bond acceptors (Lipinski definition) is 3. The molecule has 3 aromatic rings. The number of aromatic amines is 1. The molecule has 1 amide bonds. The predicted molar refractivity (Wildman–Crippen MR) is 93.4 cm³/mol. The zero-order valence-corrected chi connectivity index (χ0v) is 13.8. The second-order valence-electron chi connectivity index (χ2n) is 5.64. The van der Waals surface area contributed by atoms with Crippen LogP contribution in [-0.4, -0.2) is 33.0 Å². The molecule has 24 heavy (non-hydrogen) atoms. The molecule has 1 aromatic carbocycles. The second kappa shape index (κ2) is 7.08. The Balaban J connectivity index is 1.80. The van der Waals surface area contributed by atoms with Gasteiger partial charge in [-0.25, -0.2) is 0 Å². The van der Waals surface area contributed by atoms with Crippen molar-refractivity contribution in [3.8, 4) is 11.3 Å². The fourth-order valence-electron chi connectivity index (χ4n) is 2.81. The first-order valence-corrected chi connectivity index (χ1v) is 7.98. The Morgan fingerprint density at radius 1 is 1.12 bits per heavy atom. The first-order valence-electron chi connectivity index (χ1n) is 7.98. The van der Waals surface area contributed by atoms with Crippen molar-refractivity contribution in [2.75, 3.05) is 7.05 Å². The van der Waals surface area contributed by atoms with Crippen LogP contribution in [0.2, 0.25) is 0 Å². The molecule has 1 N–H and O–H groups in total. The van der Waals surface area contributed by atoms with E-state index in [0.717, 1.165) is 23.4 Å². The van der Waals surface area contributed by atoms with Gasteiger partial charge in [0.25, 0.3) is 5.91 Å². The molecule has 0 aliphatic heterocycles. The number of rotatable bonds is 5. The Morgan fingerprint density at radius 3 is 2.50 bits per heavy atom. The average Bonchev–Trinajstić information content (AvgIpc) is 3.17. The standard InChI is InChI=1S/C19H20N4O/c1-3-18(17-6-4-5-12-20-17)23(2)19(24)15-9-7-14(8-10-15)16-11-13-21-22-16/h4-13,18H,3H2,1-2H3,(H,21,22)/t18-/m1/s1. The molecule has 0 bridgehead atoms. The van der Waals surface area contributed by atoms with Gasteiger partial charge in [0.1, 0.15) is 0 Å². The van der Waals surface area contributed by atoms with Crippen molar-refractivity contribution >= 4 is 5.91 Å². The van der Waals surface area contributed by atoms with E-state index in [1.165, 1.54) is 0 Å². The summed E-state index contributed by atoms with van der Waals surface area (Å²) in [6.45, 7) is 2.06. The van der Waals surface area contributed by atoms with Gasteiger partial charge in [0, 0.05) is 25.0 Å². The minimum Gasteiger partial charge on any atom is -0.333 e. The summed E-state index contributed by atoms with van der Waals surface area (Å²) in [6, 6.07) is 15.2. The lowest BCUT2D eigenvalue weighted by molar-refractivity contribution is 0.0723. The van der Waals surface area contributed by atoms with Gasteiger partial charge in [-0.3, -0.25) is 14.9 Å². The molecule has 1 atom stereocenters.